The van der Waals surface area contributed by atoms with Crippen LogP contribution in [0.1, 0.15) is 44.3 Å². The number of hydrogen-bond donors (Lipinski definition) is 6. The van der Waals surface area contributed by atoms with Gasteiger partial charge in [-0.1, -0.05) is 42.5 Å². The van der Waals surface area contributed by atoms with Crippen LogP contribution < -0.4 is 25.4 Å². The number of benzene rings is 3. The number of nitrogens with one attached hydrogen (secondary N) is 4. The largest absolute Gasteiger partial charge is 0.506 e. The quantitative estimate of drug-likeness (QED) is 0.105. The highest BCUT2D eigenvalue weighted by atomic mass is 32.2. The van der Waals surface area contributed by atoms with E-state index in [1.54, 1.807) is 7.11 Å². The molecule has 0 radical (unpaired) electrons. The number of pyridine rings is 1. The molecule has 2 atom stereocenters. The first-order chi connectivity index (χ1) is 22.5. The lowest BCUT2D eigenvalue weighted by molar-refractivity contribution is 0.0830. The number of aliphatic hydroxyl groups is 1. The van der Waals surface area contributed by atoms with Crippen molar-refractivity contribution in [2.45, 2.75) is 38.6 Å². The lowest BCUT2D eigenvalue weighted by Crippen LogP contribution is -2.48. The molecule has 4 aromatic rings. The second-order valence-electron chi connectivity index (χ2n) is 10.9. The van der Waals surface area contributed by atoms with Gasteiger partial charge in [0.05, 0.1) is 36.9 Å². The van der Waals surface area contributed by atoms with E-state index in [4.69, 9.17) is 4.74 Å². The molecule has 12 nitrogen and oxygen atoms in total. The van der Waals surface area contributed by atoms with Gasteiger partial charge < -0.3 is 30.9 Å². The van der Waals surface area contributed by atoms with Gasteiger partial charge >= 0.3 is 0 Å². The summed E-state index contributed by atoms with van der Waals surface area (Å²) < 4.78 is 32.5. The number of carbonyl (C=O) groups is 2. The molecule has 47 heavy (non-hydrogen) atoms. The summed E-state index contributed by atoms with van der Waals surface area (Å²) in [6, 6.07) is 21.6. The number of aromatic hydroxyl groups is 1. The predicted octanol–water partition coefficient (Wildman–Crippen LogP) is 2.98. The first-order valence-corrected chi connectivity index (χ1v) is 16.6. The summed E-state index contributed by atoms with van der Waals surface area (Å²) in [6.07, 6.45) is 2.04. The van der Waals surface area contributed by atoms with Crippen LogP contribution in [0.15, 0.2) is 91.3 Å². The highest BCUT2D eigenvalue weighted by Gasteiger charge is 2.24. The lowest BCUT2D eigenvalue weighted by atomic mass is 10.00. The Morgan fingerprint density at radius 1 is 0.872 bits per heavy atom. The number of sulfonamides is 1. The van der Waals surface area contributed by atoms with Gasteiger partial charge in [0.25, 0.3) is 11.8 Å². The summed E-state index contributed by atoms with van der Waals surface area (Å²) in [7, 11) is -2.15. The molecule has 0 aliphatic rings. The Morgan fingerprint density at radius 3 is 2.30 bits per heavy atom. The van der Waals surface area contributed by atoms with Crippen molar-refractivity contribution < 1.29 is 33.0 Å². The molecule has 3 aromatic carbocycles. The maximum absolute atomic E-state index is 13.7. The van der Waals surface area contributed by atoms with Gasteiger partial charge in [-0.2, -0.15) is 0 Å². The molecule has 248 valence electrons. The zero-order valence-electron chi connectivity index (χ0n) is 26.1. The van der Waals surface area contributed by atoms with Gasteiger partial charge in [-0.15, -0.1) is 0 Å². The molecular weight excluding hydrogens is 622 g/mol. The monoisotopic (exact) mass is 661 g/mol. The van der Waals surface area contributed by atoms with Crippen LogP contribution in [-0.4, -0.2) is 67.0 Å². The van der Waals surface area contributed by atoms with Crippen LogP contribution in [0.3, 0.4) is 0 Å². The van der Waals surface area contributed by atoms with Gasteiger partial charge in [-0.25, -0.2) is 8.42 Å². The zero-order chi connectivity index (χ0) is 33.8. The smallest absolute Gasteiger partial charge is 0.251 e. The molecular formula is C34H39N5O7S. The molecule has 0 saturated carbocycles. The molecule has 4 rings (SSSR count). The predicted molar refractivity (Wildman–Crippen MR) is 179 cm³/mol. The third kappa shape index (κ3) is 10.8. The van der Waals surface area contributed by atoms with Crippen LogP contribution >= 0.6 is 0 Å². The fourth-order valence-corrected chi connectivity index (χ4v) is 5.37. The van der Waals surface area contributed by atoms with Crippen LogP contribution in [0.25, 0.3) is 0 Å². The number of anilines is 1. The lowest BCUT2D eigenvalue weighted by Gasteiger charge is -2.25. The Hall–Kier alpha value is -4.98. The van der Waals surface area contributed by atoms with Crippen molar-refractivity contribution in [3.8, 4) is 11.5 Å². The van der Waals surface area contributed by atoms with Gasteiger partial charge in [0, 0.05) is 37.0 Å². The second kappa shape index (κ2) is 16.5. The summed E-state index contributed by atoms with van der Waals surface area (Å²) in [5, 5.41) is 29.7. The van der Waals surface area contributed by atoms with E-state index >= 15 is 0 Å². The maximum atomic E-state index is 13.7. The SMILES string of the molecule is CCS(=O)(=O)Nc1cc(C(=O)NCc2cncc(O)c2)cc(C(=O)N[C@@H](Cc2ccccc2)[C@H](O)CNCc2cccc(OC)c2)c1. The van der Waals surface area contributed by atoms with E-state index in [9.17, 15) is 28.2 Å². The number of hydrogen-bond acceptors (Lipinski definition) is 9. The fourth-order valence-electron chi connectivity index (χ4n) is 4.75. The van der Waals surface area contributed by atoms with Gasteiger partial charge in [0.2, 0.25) is 10.0 Å². The van der Waals surface area contributed by atoms with Crippen molar-refractivity contribution in [3.63, 3.8) is 0 Å². The molecule has 0 unspecified atom stereocenters. The summed E-state index contributed by atoms with van der Waals surface area (Å²) in [5.41, 5.74) is 2.45. The summed E-state index contributed by atoms with van der Waals surface area (Å²) in [5.74, 6) is -0.755. The van der Waals surface area contributed by atoms with Crippen molar-refractivity contribution in [3.05, 3.63) is 119 Å². The van der Waals surface area contributed by atoms with E-state index in [0.717, 1.165) is 11.1 Å². The molecule has 0 bridgehead atoms. The van der Waals surface area contributed by atoms with E-state index in [0.29, 0.717) is 24.3 Å². The van der Waals surface area contributed by atoms with Gasteiger partial charge in [-0.05, 0) is 66.4 Å². The average Bonchev–Trinajstić information content (AvgIpc) is 3.07. The topological polar surface area (TPSA) is 179 Å². The van der Waals surface area contributed by atoms with Crippen LogP contribution in [0.5, 0.6) is 11.5 Å². The normalized spacial score (nSPS) is 12.5. The average molecular weight is 662 g/mol. The van der Waals surface area contributed by atoms with Crippen LogP contribution in [0.4, 0.5) is 5.69 Å². The Labute approximate surface area is 274 Å². The first kappa shape index (κ1) is 34.9. The Bertz CT molecular complexity index is 1770. The molecule has 0 spiro atoms. The standard InChI is InChI=1S/C34H39N5O7S/c1-3-47(44,45)39-28-16-26(33(42)37-20-25-12-29(40)21-35-19-25)15-27(17-28)34(43)38-31(14-23-8-5-4-6-9-23)32(41)22-36-18-24-10-7-11-30(13-24)46-2/h4-13,15-17,19,21,31-32,36,39-41H,3,14,18,20,22H2,1-2H3,(H,37,42)(H,38,43)/t31-,32+/m0/s1. The van der Waals surface area contributed by atoms with E-state index < -0.39 is 34.0 Å². The molecule has 1 heterocycles. The van der Waals surface area contributed by atoms with Crippen LogP contribution in [0.2, 0.25) is 0 Å². The molecule has 1 aromatic heterocycles. The summed E-state index contributed by atoms with van der Waals surface area (Å²) in [4.78, 5) is 30.7. The third-order valence-electron chi connectivity index (χ3n) is 7.24. The number of aromatic nitrogens is 1. The molecule has 6 N–H and O–H groups in total. The minimum Gasteiger partial charge on any atom is -0.506 e. The number of carbonyl (C=O) groups excluding carboxylic acids is 2. The summed E-state index contributed by atoms with van der Waals surface area (Å²) >= 11 is 0. The van der Waals surface area contributed by atoms with Crippen LogP contribution in [0, 0.1) is 0 Å². The van der Waals surface area contributed by atoms with Crippen molar-refractivity contribution in [1.29, 1.82) is 0 Å². The van der Waals surface area contributed by atoms with E-state index in [-0.39, 0.29) is 41.4 Å². The van der Waals surface area contributed by atoms with Crippen LogP contribution in [-0.2, 0) is 29.5 Å². The fraction of sp³-hybridized carbons (Fsp3) is 0.265. The van der Waals surface area contributed by atoms with E-state index in [1.165, 1.54) is 43.6 Å². The number of aliphatic hydroxyl groups excluding tert-OH is 1. The van der Waals surface area contributed by atoms with Gasteiger partial charge in [0.15, 0.2) is 0 Å². The molecule has 13 heteroatoms. The molecule has 0 aliphatic heterocycles. The van der Waals surface area contributed by atoms with Gasteiger partial charge in [0.1, 0.15) is 11.5 Å². The number of rotatable bonds is 16. The Morgan fingerprint density at radius 2 is 1.60 bits per heavy atom. The first-order valence-electron chi connectivity index (χ1n) is 15.0. The zero-order valence-corrected chi connectivity index (χ0v) is 27.0. The highest BCUT2D eigenvalue weighted by Crippen LogP contribution is 2.19. The van der Waals surface area contributed by atoms with E-state index in [1.807, 2.05) is 54.6 Å². The van der Waals surface area contributed by atoms with Crippen molar-refractivity contribution in [2.75, 3.05) is 24.1 Å². The number of methoxy groups -OCH3 is 1. The third-order valence-corrected chi connectivity index (χ3v) is 8.55. The van der Waals surface area contributed by atoms with Crippen molar-refractivity contribution >= 4 is 27.5 Å². The van der Waals surface area contributed by atoms with Crippen molar-refractivity contribution in [2.24, 2.45) is 0 Å². The Kier molecular flexibility index (Phi) is 12.3. The Balaban J connectivity index is 1.54. The van der Waals surface area contributed by atoms with Gasteiger partial charge in [-0.3, -0.25) is 19.3 Å². The number of nitrogens with zero attached hydrogens (tertiary/aromatic N) is 1. The maximum Gasteiger partial charge on any atom is 0.251 e. The van der Waals surface area contributed by atoms with E-state index in [2.05, 4.69) is 25.7 Å². The highest BCUT2D eigenvalue weighted by molar-refractivity contribution is 7.92. The molecule has 2 amide bonds. The molecule has 0 fully saturated rings. The number of ether oxygens (including phenoxy) is 1. The molecule has 0 aliphatic carbocycles. The summed E-state index contributed by atoms with van der Waals surface area (Å²) in [6.45, 7) is 2.11. The number of amides is 2. The second-order valence-corrected chi connectivity index (χ2v) is 12.9. The van der Waals surface area contributed by atoms with Crippen molar-refractivity contribution in [1.82, 2.24) is 20.9 Å². The minimum atomic E-state index is -3.74. The molecule has 0 saturated heterocycles. The minimum absolute atomic E-state index is 0.0140.